The lowest BCUT2D eigenvalue weighted by molar-refractivity contribution is -0.384. The van der Waals surface area contributed by atoms with Crippen molar-refractivity contribution >= 4 is 23.4 Å². The van der Waals surface area contributed by atoms with Gasteiger partial charge >= 0.3 is 5.97 Å². The van der Waals surface area contributed by atoms with E-state index in [2.05, 4.69) is 0 Å². The number of nitrogens with zero attached hydrogens (tertiary/aromatic N) is 1. The van der Waals surface area contributed by atoms with Gasteiger partial charge in [-0.1, -0.05) is 19.1 Å². The molecule has 0 heterocycles. The molecule has 1 N–H and O–H groups in total. The van der Waals surface area contributed by atoms with E-state index < -0.39 is 10.9 Å². The lowest BCUT2D eigenvalue weighted by atomic mass is 10.1. The van der Waals surface area contributed by atoms with Crippen LogP contribution in [-0.4, -0.2) is 27.0 Å². The molecule has 0 saturated heterocycles. The number of benzene rings is 1. The van der Waals surface area contributed by atoms with Crippen molar-refractivity contribution in [3.63, 3.8) is 0 Å². The molecule has 1 atom stereocenters. The Hall–Kier alpha value is -1.56. The van der Waals surface area contributed by atoms with E-state index in [1.54, 1.807) is 23.9 Å². The first-order chi connectivity index (χ1) is 8.49. The van der Waals surface area contributed by atoms with Crippen LogP contribution in [-0.2, 0) is 11.2 Å². The van der Waals surface area contributed by atoms with E-state index in [1.165, 1.54) is 12.1 Å². The average molecular weight is 269 g/mol. The van der Waals surface area contributed by atoms with Crippen LogP contribution in [0.4, 0.5) is 5.69 Å². The molecule has 0 saturated carbocycles. The maximum atomic E-state index is 10.5. The Morgan fingerprint density at radius 2 is 2.06 bits per heavy atom. The largest absolute Gasteiger partial charge is 0.481 e. The fourth-order valence-electron chi connectivity index (χ4n) is 1.47. The number of carboxylic acid groups (broad SMARTS) is 1. The zero-order valence-corrected chi connectivity index (χ0v) is 10.9. The highest BCUT2D eigenvalue weighted by atomic mass is 32.2. The number of hydrogen-bond acceptors (Lipinski definition) is 4. The highest BCUT2D eigenvalue weighted by Crippen LogP contribution is 2.17. The molecular formula is C12H15NO4S. The summed E-state index contributed by atoms with van der Waals surface area (Å²) < 4.78 is 0. The zero-order chi connectivity index (χ0) is 13.5. The van der Waals surface area contributed by atoms with Crippen molar-refractivity contribution in [2.24, 2.45) is 0 Å². The summed E-state index contributed by atoms with van der Waals surface area (Å²) in [6, 6.07) is 6.45. The first kappa shape index (κ1) is 14.5. The molecule has 98 valence electrons. The maximum absolute atomic E-state index is 10.5. The summed E-state index contributed by atoms with van der Waals surface area (Å²) >= 11 is 1.60. The van der Waals surface area contributed by atoms with Gasteiger partial charge in [0.05, 0.1) is 11.3 Å². The van der Waals surface area contributed by atoms with Gasteiger partial charge in [0.1, 0.15) is 0 Å². The van der Waals surface area contributed by atoms with Crippen LogP contribution in [0, 0.1) is 10.1 Å². The summed E-state index contributed by atoms with van der Waals surface area (Å²) in [6.45, 7) is 1.88. The van der Waals surface area contributed by atoms with Crippen LogP contribution < -0.4 is 0 Å². The van der Waals surface area contributed by atoms with Crippen molar-refractivity contribution in [1.29, 1.82) is 0 Å². The number of aliphatic carboxylic acids is 1. The molecule has 0 spiro atoms. The van der Waals surface area contributed by atoms with Crippen LogP contribution in [0.15, 0.2) is 24.3 Å². The van der Waals surface area contributed by atoms with Gasteiger partial charge in [-0.05, 0) is 17.7 Å². The molecule has 1 unspecified atom stereocenters. The number of nitro groups is 1. The highest BCUT2D eigenvalue weighted by molar-refractivity contribution is 7.99. The maximum Gasteiger partial charge on any atom is 0.304 e. The van der Waals surface area contributed by atoms with E-state index in [0.29, 0.717) is 0 Å². The minimum atomic E-state index is -0.787. The summed E-state index contributed by atoms with van der Waals surface area (Å²) in [5.41, 5.74) is 1.11. The van der Waals surface area contributed by atoms with Crippen molar-refractivity contribution in [3.05, 3.63) is 39.9 Å². The Morgan fingerprint density at radius 1 is 1.44 bits per heavy atom. The number of rotatable bonds is 7. The van der Waals surface area contributed by atoms with E-state index in [-0.39, 0.29) is 17.4 Å². The number of aryl methyl sites for hydroxylation is 1. The molecule has 0 aliphatic heterocycles. The minimum absolute atomic E-state index is 0.0838. The van der Waals surface area contributed by atoms with Gasteiger partial charge in [-0.2, -0.15) is 11.8 Å². The normalized spacial score (nSPS) is 12.1. The van der Waals surface area contributed by atoms with Crippen LogP contribution in [0.1, 0.15) is 18.9 Å². The Bertz CT molecular complexity index is 419. The first-order valence-electron chi connectivity index (χ1n) is 5.55. The molecule has 6 heteroatoms. The van der Waals surface area contributed by atoms with Gasteiger partial charge in [-0.3, -0.25) is 14.9 Å². The summed E-state index contributed by atoms with van der Waals surface area (Å²) in [5.74, 6) is 0.0250. The zero-order valence-electron chi connectivity index (χ0n) is 10.0. The topological polar surface area (TPSA) is 80.4 Å². The van der Waals surface area contributed by atoms with E-state index in [4.69, 9.17) is 5.11 Å². The first-order valence-corrected chi connectivity index (χ1v) is 6.60. The van der Waals surface area contributed by atoms with Gasteiger partial charge in [0.25, 0.3) is 5.69 Å². The van der Waals surface area contributed by atoms with Crippen LogP contribution in [0.25, 0.3) is 0 Å². The quantitative estimate of drug-likeness (QED) is 0.608. The summed E-state index contributed by atoms with van der Waals surface area (Å²) in [7, 11) is 0. The predicted octanol–water partition coefficient (Wildman–Crippen LogP) is 2.73. The highest BCUT2D eigenvalue weighted by Gasteiger charge is 2.08. The third-order valence-corrected chi connectivity index (χ3v) is 3.58. The lowest BCUT2D eigenvalue weighted by Crippen LogP contribution is -2.06. The summed E-state index contributed by atoms with van der Waals surface area (Å²) in [4.78, 5) is 20.5. The fraction of sp³-hybridized carbons (Fsp3) is 0.417. The molecule has 0 bridgehead atoms. The second kappa shape index (κ2) is 7.00. The van der Waals surface area contributed by atoms with Gasteiger partial charge in [0.2, 0.25) is 0 Å². The van der Waals surface area contributed by atoms with Crippen molar-refractivity contribution in [3.8, 4) is 0 Å². The lowest BCUT2D eigenvalue weighted by Gasteiger charge is -2.07. The standard InChI is InChI=1S/C12H15NO4S/c1-9(8-12(14)15)18-7-6-10-2-4-11(5-3-10)13(16)17/h2-5,9H,6-8H2,1H3,(H,14,15). The second-order valence-corrected chi connectivity index (χ2v) is 5.50. The van der Waals surface area contributed by atoms with Gasteiger partial charge in [-0.15, -0.1) is 0 Å². The van der Waals surface area contributed by atoms with E-state index in [9.17, 15) is 14.9 Å². The molecule has 1 rings (SSSR count). The number of hydrogen-bond donors (Lipinski definition) is 1. The Balaban J connectivity index is 2.35. The number of non-ortho nitro benzene ring substituents is 1. The number of nitro benzene ring substituents is 1. The molecule has 0 radical (unpaired) electrons. The van der Waals surface area contributed by atoms with Gasteiger partial charge in [0, 0.05) is 17.4 Å². The van der Waals surface area contributed by atoms with Crippen molar-refractivity contribution in [1.82, 2.24) is 0 Å². The Morgan fingerprint density at radius 3 is 2.56 bits per heavy atom. The van der Waals surface area contributed by atoms with Gasteiger partial charge in [-0.25, -0.2) is 0 Å². The minimum Gasteiger partial charge on any atom is -0.481 e. The Labute approximate surface area is 109 Å². The third kappa shape index (κ3) is 5.18. The van der Waals surface area contributed by atoms with Crippen molar-refractivity contribution in [2.75, 3.05) is 5.75 Å². The predicted molar refractivity (Wildman–Crippen MR) is 71.0 cm³/mol. The monoisotopic (exact) mass is 269 g/mol. The van der Waals surface area contributed by atoms with Crippen LogP contribution in [0.5, 0.6) is 0 Å². The average Bonchev–Trinajstić information content (AvgIpc) is 2.28. The number of carbonyl (C=O) groups is 1. The van der Waals surface area contributed by atoms with Crippen LogP contribution in [0.3, 0.4) is 0 Å². The van der Waals surface area contributed by atoms with E-state index in [0.717, 1.165) is 17.7 Å². The molecule has 0 fully saturated rings. The molecule has 1 aromatic carbocycles. The van der Waals surface area contributed by atoms with Crippen molar-refractivity contribution in [2.45, 2.75) is 25.0 Å². The fourth-order valence-corrected chi connectivity index (χ4v) is 2.48. The molecule has 5 nitrogen and oxygen atoms in total. The third-order valence-electron chi connectivity index (χ3n) is 2.40. The van der Waals surface area contributed by atoms with Crippen LogP contribution in [0.2, 0.25) is 0 Å². The molecule has 0 amide bonds. The molecular weight excluding hydrogens is 254 g/mol. The summed E-state index contributed by atoms with van der Waals surface area (Å²) in [6.07, 6.45) is 0.942. The molecule has 1 aromatic rings. The molecule has 0 aliphatic carbocycles. The van der Waals surface area contributed by atoms with E-state index >= 15 is 0 Å². The smallest absolute Gasteiger partial charge is 0.304 e. The van der Waals surface area contributed by atoms with Crippen molar-refractivity contribution < 1.29 is 14.8 Å². The summed E-state index contributed by atoms with van der Waals surface area (Å²) in [5, 5.41) is 19.2. The van der Waals surface area contributed by atoms with Gasteiger partial charge < -0.3 is 5.11 Å². The van der Waals surface area contributed by atoms with Crippen LogP contribution >= 0.6 is 11.8 Å². The number of thioether (sulfide) groups is 1. The molecule has 18 heavy (non-hydrogen) atoms. The van der Waals surface area contributed by atoms with E-state index in [1.807, 2.05) is 6.92 Å². The SMILES string of the molecule is CC(CC(=O)O)SCCc1ccc([N+](=O)[O-])cc1. The molecule has 0 aromatic heterocycles. The molecule has 0 aliphatic rings. The number of carboxylic acids is 1. The van der Waals surface area contributed by atoms with Gasteiger partial charge in [0.15, 0.2) is 0 Å². The second-order valence-electron chi connectivity index (χ2n) is 3.95. The Kier molecular flexibility index (Phi) is 5.64.